The largest absolute Gasteiger partial charge is 0.192 e. The quantitative estimate of drug-likeness (QED) is 0.553. The molecule has 58 valence electrons. The van der Waals surface area contributed by atoms with E-state index in [0.29, 0.717) is 0 Å². The molecule has 0 heterocycles. The molecule has 1 nitrogen and oxygen atoms in total. The summed E-state index contributed by atoms with van der Waals surface area (Å²) in [5, 5.41) is 8.38. The molecule has 0 aliphatic heterocycles. The van der Waals surface area contributed by atoms with E-state index in [9.17, 15) is 0 Å². The lowest BCUT2D eigenvalue weighted by molar-refractivity contribution is 1.43. The highest BCUT2D eigenvalue weighted by atomic mass is 14.2. The van der Waals surface area contributed by atoms with Crippen LogP contribution in [0.2, 0.25) is 0 Å². The van der Waals surface area contributed by atoms with Crippen molar-refractivity contribution in [2.24, 2.45) is 0 Å². The van der Waals surface area contributed by atoms with E-state index in [0.717, 1.165) is 5.56 Å². The zero-order chi connectivity index (χ0) is 8.69. The highest BCUT2D eigenvalue weighted by Crippen LogP contribution is 1.99. The minimum Gasteiger partial charge on any atom is -0.192 e. The molecule has 0 N–H and O–H groups in total. The first-order valence-corrected chi connectivity index (χ1v) is 3.79. The first-order valence-electron chi connectivity index (χ1n) is 3.79. The second-order valence-corrected chi connectivity index (χ2v) is 1.98. The molecule has 0 atom stereocenters. The summed E-state index contributed by atoms with van der Waals surface area (Å²) in [6.45, 7) is 6.00. The van der Waals surface area contributed by atoms with Crippen LogP contribution in [0, 0.1) is 18.3 Å². The van der Waals surface area contributed by atoms with Gasteiger partial charge in [-0.2, -0.15) is 5.26 Å². The highest BCUT2D eigenvalue weighted by molar-refractivity contribution is 5.30. The van der Waals surface area contributed by atoms with E-state index in [2.05, 4.69) is 6.07 Å². The highest BCUT2D eigenvalue weighted by Gasteiger charge is 1.84. The van der Waals surface area contributed by atoms with Crippen LogP contribution in [0.4, 0.5) is 0 Å². The number of hydrogen-bond donors (Lipinski definition) is 0. The molecule has 1 aromatic carbocycles. The molecule has 1 aromatic rings. The van der Waals surface area contributed by atoms with E-state index in [1.54, 1.807) is 0 Å². The molecule has 0 fully saturated rings. The normalized spacial score (nSPS) is 7.45. The summed E-state index contributed by atoms with van der Waals surface area (Å²) in [7, 11) is 0. The van der Waals surface area contributed by atoms with Crippen molar-refractivity contribution < 1.29 is 0 Å². The van der Waals surface area contributed by atoms with E-state index in [1.165, 1.54) is 5.56 Å². The topological polar surface area (TPSA) is 23.8 Å². The van der Waals surface area contributed by atoms with Crippen LogP contribution in [0.3, 0.4) is 0 Å². The predicted octanol–water partition coefficient (Wildman–Crippen LogP) is 2.89. The van der Waals surface area contributed by atoms with Crippen molar-refractivity contribution in [2.45, 2.75) is 20.8 Å². The van der Waals surface area contributed by atoms with Crippen LogP contribution in [0.1, 0.15) is 25.0 Å². The van der Waals surface area contributed by atoms with Gasteiger partial charge in [0, 0.05) is 0 Å². The molecule has 0 saturated heterocycles. The predicted molar refractivity (Wildman–Crippen MR) is 47.2 cm³/mol. The molecule has 0 saturated carbocycles. The lowest BCUT2D eigenvalue weighted by Crippen LogP contribution is -1.72. The van der Waals surface area contributed by atoms with Crippen molar-refractivity contribution in [1.29, 1.82) is 5.26 Å². The lowest BCUT2D eigenvalue weighted by Gasteiger charge is -1.88. The van der Waals surface area contributed by atoms with Crippen molar-refractivity contribution in [2.75, 3.05) is 0 Å². The van der Waals surface area contributed by atoms with Crippen molar-refractivity contribution >= 4 is 0 Å². The molecule has 0 bridgehead atoms. The Labute approximate surface area is 68.3 Å². The van der Waals surface area contributed by atoms with Crippen LogP contribution in [-0.2, 0) is 0 Å². The van der Waals surface area contributed by atoms with Crippen molar-refractivity contribution in [3.05, 3.63) is 35.4 Å². The maximum absolute atomic E-state index is 8.38. The lowest BCUT2D eigenvalue weighted by atomic mass is 10.2. The maximum Gasteiger partial charge on any atom is 0.0991 e. The van der Waals surface area contributed by atoms with Gasteiger partial charge >= 0.3 is 0 Å². The van der Waals surface area contributed by atoms with Crippen molar-refractivity contribution in [1.82, 2.24) is 0 Å². The van der Waals surface area contributed by atoms with Gasteiger partial charge in [-0.3, -0.25) is 0 Å². The van der Waals surface area contributed by atoms with Crippen LogP contribution >= 0.6 is 0 Å². The fraction of sp³-hybridized carbons (Fsp3) is 0.300. The van der Waals surface area contributed by atoms with Gasteiger partial charge in [0.05, 0.1) is 11.6 Å². The van der Waals surface area contributed by atoms with Crippen LogP contribution in [0.5, 0.6) is 0 Å². The summed E-state index contributed by atoms with van der Waals surface area (Å²) in [4.78, 5) is 0. The summed E-state index contributed by atoms with van der Waals surface area (Å²) < 4.78 is 0. The molecule has 1 rings (SSSR count). The van der Waals surface area contributed by atoms with Gasteiger partial charge in [-0.15, -0.1) is 0 Å². The van der Waals surface area contributed by atoms with E-state index in [4.69, 9.17) is 5.26 Å². The summed E-state index contributed by atoms with van der Waals surface area (Å²) in [5.41, 5.74) is 1.91. The average molecular weight is 147 g/mol. The first kappa shape index (κ1) is 9.71. The standard InChI is InChI=1S/C8H7N.C2H6/c1-7-2-4-8(6-9)5-3-7;1-2/h2-5H,1H3;1-2H3. The molecule has 0 aliphatic carbocycles. The second-order valence-electron chi connectivity index (χ2n) is 1.98. The van der Waals surface area contributed by atoms with Gasteiger partial charge in [-0.1, -0.05) is 31.5 Å². The Morgan fingerprint density at radius 1 is 1.09 bits per heavy atom. The van der Waals surface area contributed by atoms with Gasteiger partial charge in [-0.05, 0) is 19.1 Å². The summed E-state index contributed by atoms with van der Waals surface area (Å²) in [6, 6.07) is 9.54. The first-order chi connectivity index (χ1) is 5.33. The zero-order valence-electron chi connectivity index (χ0n) is 7.26. The van der Waals surface area contributed by atoms with Crippen molar-refractivity contribution in [3.8, 4) is 6.07 Å². The number of hydrogen-bond acceptors (Lipinski definition) is 1. The van der Waals surface area contributed by atoms with E-state index in [-0.39, 0.29) is 0 Å². The third kappa shape index (κ3) is 3.42. The summed E-state index contributed by atoms with van der Waals surface area (Å²) >= 11 is 0. The summed E-state index contributed by atoms with van der Waals surface area (Å²) in [6.07, 6.45) is 0. The molecular weight excluding hydrogens is 134 g/mol. The second kappa shape index (κ2) is 5.49. The monoisotopic (exact) mass is 147 g/mol. The van der Waals surface area contributed by atoms with Crippen LogP contribution < -0.4 is 0 Å². The Kier molecular flexibility index (Phi) is 4.85. The minimum atomic E-state index is 0.723. The molecule has 0 unspecified atom stereocenters. The van der Waals surface area contributed by atoms with E-state index < -0.39 is 0 Å². The number of rotatable bonds is 0. The third-order valence-corrected chi connectivity index (χ3v) is 1.18. The average Bonchev–Trinajstić information content (AvgIpc) is 2.10. The fourth-order valence-electron chi connectivity index (χ4n) is 0.628. The number of aryl methyl sites for hydroxylation is 1. The van der Waals surface area contributed by atoms with E-state index in [1.807, 2.05) is 45.0 Å². The molecule has 0 radical (unpaired) electrons. The third-order valence-electron chi connectivity index (χ3n) is 1.18. The molecule has 0 aliphatic rings. The molecule has 1 heteroatoms. The van der Waals surface area contributed by atoms with Crippen LogP contribution in [0.15, 0.2) is 24.3 Å². The van der Waals surface area contributed by atoms with Gasteiger partial charge in [0.2, 0.25) is 0 Å². The molecular formula is C10H13N. The molecule has 11 heavy (non-hydrogen) atoms. The van der Waals surface area contributed by atoms with Gasteiger partial charge in [-0.25, -0.2) is 0 Å². The SMILES string of the molecule is CC.Cc1ccc(C#N)cc1. The van der Waals surface area contributed by atoms with Crippen LogP contribution in [0.25, 0.3) is 0 Å². The Morgan fingerprint density at radius 2 is 1.55 bits per heavy atom. The van der Waals surface area contributed by atoms with Gasteiger partial charge in [0.25, 0.3) is 0 Å². The number of benzene rings is 1. The number of nitriles is 1. The van der Waals surface area contributed by atoms with Gasteiger partial charge in [0.1, 0.15) is 0 Å². The van der Waals surface area contributed by atoms with E-state index >= 15 is 0 Å². The van der Waals surface area contributed by atoms with Crippen molar-refractivity contribution in [3.63, 3.8) is 0 Å². The molecule has 0 amide bonds. The van der Waals surface area contributed by atoms with Crippen LogP contribution in [-0.4, -0.2) is 0 Å². The van der Waals surface area contributed by atoms with Gasteiger partial charge < -0.3 is 0 Å². The number of nitrogens with zero attached hydrogens (tertiary/aromatic N) is 1. The fourth-order valence-corrected chi connectivity index (χ4v) is 0.628. The Bertz CT molecular complexity index is 228. The minimum absolute atomic E-state index is 0.723. The summed E-state index contributed by atoms with van der Waals surface area (Å²) in [5.74, 6) is 0. The van der Waals surface area contributed by atoms with Gasteiger partial charge in [0.15, 0.2) is 0 Å². The molecule has 0 aromatic heterocycles. The maximum atomic E-state index is 8.38. The Balaban J connectivity index is 0.000000461. The Morgan fingerprint density at radius 3 is 1.91 bits per heavy atom. The Hall–Kier alpha value is -1.29. The zero-order valence-corrected chi connectivity index (χ0v) is 7.26. The molecule has 0 spiro atoms. The smallest absolute Gasteiger partial charge is 0.0991 e.